The van der Waals surface area contributed by atoms with Gasteiger partial charge in [-0.3, -0.25) is 4.79 Å². The Morgan fingerprint density at radius 2 is 2.00 bits per heavy atom. The zero-order valence-corrected chi connectivity index (χ0v) is 17.5. The Labute approximate surface area is 178 Å². The lowest BCUT2D eigenvalue weighted by Crippen LogP contribution is -2.26. The van der Waals surface area contributed by atoms with E-state index in [1.165, 1.54) is 40.3 Å². The standard InChI is InChI=1S/C24H21N3O2S/c1-16-8-11-21-22(13-16)30-24(26-21)27(25-15-20-7-4-12-29-20)23(28)19-10-9-17-5-2-3-6-18(17)14-19/h4,7-15H,2-3,5-6H2,1H3/b25-15+. The van der Waals surface area contributed by atoms with Gasteiger partial charge < -0.3 is 4.42 Å². The minimum absolute atomic E-state index is 0.193. The average molecular weight is 416 g/mol. The van der Waals surface area contributed by atoms with Crippen molar-refractivity contribution in [2.75, 3.05) is 5.01 Å². The molecule has 0 radical (unpaired) electrons. The molecule has 5 rings (SSSR count). The molecule has 1 aliphatic carbocycles. The zero-order chi connectivity index (χ0) is 20.5. The molecule has 2 aromatic carbocycles. The fourth-order valence-electron chi connectivity index (χ4n) is 3.77. The topological polar surface area (TPSA) is 58.7 Å². The fraction of sp³-hybridized carbons (Fsp3) is 0.208. The summed E-state index contributed by atoms with van der Waals surface area (Å²) in [6, 6.07) is 15.7. The number of anilines is 1. The SMILES string of the molecule is Cc1ccc2nc(N(/N=C/c3ccco3)C(=O)c3ccc4c(c3)CCCC4)sc2c1. The quantitative estimate of drug-likeness (QED) is 0.315. The number of furan rings is 1. The average Bonchev–Trinajstić information content (AvgIpc) is 3.43. The molecule has 0 aliphatic heterocycles. The Morgan fingerprint density at radius 3 is 2.83 bits per heavy atom. The highest BCUT2D eigenvalue weighted by atomic mass is 32.1. The zero-order valence-electron chi connectivity index (χ0n) is 16.7. The number of hydrogen-bond donors (Lipinski definition) is 0. The van der Waals surface area contributed by atoms with Crippen LogP contribution in [-0.4, -0.2) is 17.1 Å². The number of thiazole rings is 1. The van der Waals surface area contributed by atoms with Crippen LogP contribution in [-0.2, 0) is 12.8 Å². The number of carbonyl (C=O) groups is 1. The Kier molecular flexibility index (Phi) is 4.93. The van der Waals surface area contributed by atoms with E-state index in [0.29, 0.717) is 16.5 Å². The number of nitrogens with zero attached hydrogens (tertiary/aromatic N) is 3. The second-order valence-electron chi connectivity index (χ2n) is 7.54. The third-order valence-electron chi connectivity index (χ3n) is 5.35. The Morgan fingerprint density at radius 1 is 1.13 bits per heavy atom. The van der Waals surface area contributed by atoms with Gasteiger partial charge in [-0.15, -0.1) is 0 Å². The number of aryl methyl sites for hydroxylation is 3. The molecular formula is C24H21N3O2S. The second-order valence-corrected chi connectivity index (χ2v) is 8.54. The van der Waals surface area contributed by atoms with Gasteiger partial charge >= 0.3 is 0 Å². The van der Waals surface area contributed by atoms with Crippen LogP contribution in [0.1, 0.15) is 45.7 Å². The minimum Gasteiger partial charge on any atom is -0.463 e. The van der Waals surface area contributed by atoms with E-state index in [4.69, 9.17) is 4.42 Å². The van der Waals surface area contributed by atoms with Gasteiger partial charge in [-0.2, -0.15) is 10.1 Å². The molecule has 30 heavy (non-hydrogen) atoms. The summed E-state index contributed by atoms with van der Waals surface area (Å²) in [5.41, 5.74) is 5.25. The summed E-state index contributed by atoms with van der Waals surface area (Å²) in [5.74, 6) is 0.386. The first-order valence-corrected chi connectivity index (χ1v) is 10.9. The van der Waals surface area contributed by atoms with Gasteiger partial charge in [-0.05, 0) is 85.7 Å². The number of hydrogen-bond acceptors (Lipinski definition) is 5. The molecule has 2 aromatic heterocycles. The van der Waals surface area contributed by atoms with Crippen molar-refractivity contribution >= 4 is 38.8 Å². The van der Waals surface area contributed by atoms with Crippen LogP contribution in [0.15, 0.2) is 64.3 Å². The first-order chi connectivity index (χ1) is 14.7. The Balaban J connectivity index is 1.55. The lowest BCUT2D eigenvalue weighted by atomic mass is 9.90. The molecule has 0 N–H and O–H groups in total. The molecular weight excluding hydrogens is 394 g/mol. The van der Waals surface area contributed by atoms with Crippen molar-refractivity contribution < 1.29 is 9.21 Å². The van der Waals surface area contributed by atoms with Gasteiger partial charge in [-0.25, -0.2) is 4.98 Å². The molecule has 5 nitrogen and oxygen atoms in total. The molecule has 2 heterocycles. The van der Waals surface area contributed by atoms with Crippen molar-refractivity contribution in [3.8, 4) is 0 Å². The van der Waals surface area contributed by atoms with Crippen molar-refractivity contribution in [1.29, 1.82) is 0 Å². The van der Waals surface area contributed by atoms with Crippen LogP contribution in [0.2, 0.25) is 0 Å². The summed E-state index contributed by atoms with van der Waals surface area (Å²) in [6.07, 6.45) is 7.62. The van der Waals surface area contributed by atoms with E-state index >= 15 is 0 Å². The van der Waals surface area contributed by atoms with Crippen LogP contribution in [0.3, 0.4) is 0 Å². The first-order valence-electron chi connectivity index (χ1n) is 10.1. The van der Waals surface area contributed by atoms with Gasteiger partial charge in [-0.1, -0.05) is 23.5 Å². The minimum atomic E-state index is -0.193. The van der Waals surface area contributed by atoms with Gasteiger partial charge in [0.15, 0.2) is 0 Å². The number of benzene rings is 2. The van der Waals surface area contributed by atoms with E-state index in [-0.39, 0.29) is 5.91 Å². The number of carbonyl (C=O) groups excluding carboxylic acids is 1. The fourth-order valence-corrected chi connectivity index (χ4v) is 4.79. The maximum Gasteiger partial charge on any atom is 0.280 e. The van der Waals surface area contributed by atoms with Crippen molar-refractivity contribution in [3.05, 3.63) is 82.8 Å². The van der Waals surface area contributed by atoms with Gasteiger partial charge in [0.05, 0.1) is 22.7 Å². The third kappa shape index (κ3) is 3.66. The van der Waals surface area contributed by atoms with Crippen LogP contribution in [0.5, 0.6) is 0 Å². The highest BCUT2D eigenvalue weighted by Gasteiger charge is 2.22. The summed E-state index contributed by atoms with van der Waals surface area (Å²) in [7, 11) is 0. The van der Waals surface area contributed by atoms with Crippen molar-refractivity contribution in [1.82, 2.24) is 4.98 Å². The van der Waals surface area contributed by atoms with E-state index < -0.39 is 0 Å². The lowest BCUT2D eigenvalue weighted by molar-refractivity contribution is 0.0987. The van der Waals surface area contributed by atoms with Crippen LogP contribution in [0.4, 0.5) is 5.13 Å². The van der Waals surface area contributed by atoms with E-state index in [2.05, 4.69) is 22.2 Å². The van der Waals surface area contributed by atoms with Gasteiger partial charge in [0.2, 0.25) is 5.13 Å². The Bertz CT molecular complexity index is 1240. The molecule has 0 bridgehead atoms. The predicted molar refractivity (Wildman–Crippen MR) is 121 cm³/mol. The summed E-state index contributed by atoms with van der Waals surface area (Å²) >= 11 is 1.46. The normalized spacial score (nSPS) is 13.6. The van der Waals surface area contributed by atoms with E-state index in [1.807, 2.05) is 31.2 Å². The summed E-state index contributed by atoms with van der Waals surface area (Å²) < 4.78 is 6.38. The first kappa shape index (κ1) is 18.8. The van der Waals surface area contributed by atoms with E-state index in [9.17, 15) is 4.79 Å². The molecule has 1 amide bonds. The van der Waals surface area contributed by atoms with Gasteiger partial charge in [0.1, 0.15) is 5.76 Å². The van der Waals surface area contributed by atoms with Crippen LogP contribution in [0.25, 0.3) is 10.2 Å². The largest absolute Gasteiger partial charge is 0.463 e. The van der Waals surface area contributed by atoms with Crippen molar-refractivity contribution in [2.45, 2.75) is 32.6 Å². The number of hydrazone groups is 1. The third-order valence-corrected chi connectivity index (χ3v) is 6.34. The van der Waals surface area contributed by atoms with E-state index in [1.54, 1.807) is 24.6 Å². The van der Waals surface area contributed by atoms with Gasteiger partial charge in [0.25, 0.3) is 5.91 Å². The second kappa shape index (κ2) is 7.88. The molecule has 0 saturated carbocycles. The summed E-state index contributed by atoms with van der Waals surface area (Å²) in [5, 5.41) is 6.38. The van der Waals surface area contributed by atoms with Crippen LogP contribution >= 0.6 is 11.3 Å². The highest BCUT2D eigenvalue weighted by Crippen LogP contribution is 2.31. The van der Waals surface area contributed by atoms with Gasteiger partial charge in [0, 0.05) is 5.56 Å². The molecule has 0 unspecified atom stereocenters. The molecule has 6 heteroatoms. The molecule has 1 aliphatic rings. The molecule has 4 aromatic rings. The number of aromatic nitrogens is 1. The highest BCUT2D eigenvalue weighted by molar-refractivity contribution is 7.22. The maximum absolute atomic E-state index is 13.5. The monoisotopic (exact) mass is 415 g/mol. The molecule has 0 spiro atoms. The summed E-state index contributed by atoms with van der Waals surface area (Å²) in [4.78, 5) is 18.2. The maximum atomic E-state index is 13.5. The number of rotatable bonds is 4. The van der Waals surface area contributed by atoms with Crippen molar-refractivity contribution in [2.24, 2.45) is 5.10 Å². The predicted octanol–water partition coefficient (Wildman–Crippen LogP) is 5.76. The molecule has 0 atom stereocenters. The lowest BCUT2D eigenvalue weighted by Gasteiger charge is -2.18. The number of fused-ring (bicyclic) bond motifs is 2. The van der Waals surface area contributed by atoms with E-state index in [0.717, 1.165) is 28.6 Å². The molecule has 0 saturated heterocycles. The Hall–Kier alpha value is -3.25. The van der Waals surface area contributed by atoms with Crippen molar-refractivity contribution in [3.63, 3.8) is 0 Å². The van der Waals surface area contributed by atoms with Crippen LogP contribution in [0, 0.1) is 6.92 Å². The van der Waals surface area contributed by atoms with Crippen LogP contribution < -0.4 is 5.01 Å². The molecule has 0 fully saturated rings. The number of amides is 1. The molecule has 150 valence electrons. The summed E-state index contributed by atoms with van der Waals surface area (Å²) in [6.45, 7) is 2.05. The smallest absolute Gasteiger partial charge is 0.280 e.